The number of aliphatic hydroxyl groups excluding tert-OH is 1. The average molecular weight is 312 g/mol. The van der Waals surface area contributed by atoms with Crippen LogP contribution in [-0.4, -0.2) is 24.2 Å². The van der Waals surface area contributed by atoms with Gasteiger partial charge in [-0.1, -0.05) is 28.1 Å². The van der Waals surface area contributed by atoms with Crippen molar-refractivity contribution in [3.05, 3.63) is 34.3 Å². The van der Waals surface area contributed by atoms with E-state index >= 15 is 0 Å². The molecule has 0 bridgehead atoms. The lowest BCUT2D eigenvalue weighted by molar-refractivity contribution is -0.120. The van der Waals surface area contributed by atoms with Gasteiger partial charge in [-0.05, 0) is 42.4 Å². The van der Waals surface area contributed by atoms with Crippen LogP contribution in [0.15, 0.2) is 28.7 Å². The lowest BCUT2D eigenvalue weighted by atomic mass is 10.0. The van der Waals surface area contributed by atoms with E-state index in [2.05, 4.69) is 21.2 Å². The van der Waals surface area contributed by atoms with E-state index in [0.717, 1.165) is 29.3 Å². The fourth-order valence-electron chi connectivity index (χ4n) is 2.07. The Hall–Kier alpha value is -0.870. The zero-order valence-electron chi connectivity index (χ0n) is 10.3. The molecule has 1 fully saturated rings. The first-order chi connectivity index (χ1) is 8.63. The Morgan fingerprint density at radius 2 is 2.00 bits per heavy atom. The molecule has 0 aliphatic heterocycles. The van der Waals surface area contributed by atoms with Crippen molar-refractivity contribution in [2.45, 2.75) is 25.7 Å². The van der Waals surface area contributed by atoms with Gasteiger partial charge in [0, 0.05) is 17.6 Å². The van der Waals surface area contributed by atoms with Crippen molar-refractivity contribution in [1.82, 2.24) is 5.32 Å². The van der Waals surface area contributed by atoms with Crippen molar-refractivity contribution in [1.29, 1.82) is 0 Å². The van der Waals surface area contributed by atoms with Crippen LogP contribution in [0.1, 0.15) is 24.8 Å². The molecular formula is C14H18BrNO2. The van der Waals surface area contributed by atoms with Crippen LogP contribution >= 0.6 is 15.9 Å². The van der Waals surface area contributed by atoms with Gasteiger partial charge in [-0.2, -0.15) is 0 Å². The van der Waals surface area contributed by atoms with Gasteiger partial charge < -0.3 is 10.4 Å². The Balaban J connectivity index is 1.77. The molecule has 0 saturated heterocycles. The second-order valence-electron chi connectivity index (χ2n) is 5.05. The summed E-state index contributed by atoms with van der Waals surface area (Å²) in [6, 6.07) is 7.78. The van der Waals surface area contributed by atoms with Gasteiger partial charge >= 0.3 is 0 Å². The minimum Gasteiger partial charge on any atom is -0.396 e. The lowest BCUT2D eigenvalue weighted by Crippen LogP contribution is -2.31. The van der Waals surface area contributed by atoms with Crippen LogP contribution in [0.5, 0.6) is 0 Å². The number of amides is 1. The first-order valence-corrected chi connectivity index (χ1v) is 7.05. The maximum Gasteiger partial charge on any atom is 0.224 e. The molecule has 1 aromatic carbocycles. The van der Waals surface area contributed by atoms with E-state index in [-0.39, 0.29) is 17.9 Å². The predicted octanol–water partition coefficient (Wildman–Crippen LogP) is 2.27. The molecule has 18 heavy (non-hydrogen) atoms. The van der Waals surface area contributed by atoms with Gasteiger partial charge in [0.05, 0.1) is 6.42 Å². The fraction of sp³-hybridized carbons (Fsp3) is 0.500. The summed E-state index contributed by atoms with van der Waals surface area (Å²) in [6.45, 7) is 0.908. The van der Waals surface area contributed by atoms with Crippen molar-refractivity contribution < 1.29 is 9.90 Å². The van der Waals surface area contributed by atoms with Crippen LogP contribution in [0.25, 0.3) is 0 Å². The molecule has 0 heterocycles. The fourth-order valence-corrected chi connectivity index (χ4v) is 2.33. The molecule has 3 nitrogen and oxygen atoms in total. The van der Waals surface area contributed by atoms with E-state index in [1.54, 1.807) is 0 Å². The third-order valence-electron chi connectivity index (χ3n) is 3.54. The minimum atomic E-state index is 0.0570. The number of nitrogens with one attached hydrogen (secondary N) is 1. The standard InChI is InChI=1S/C14H18BrNO2/c15-12-3-1-11(2-4-12)9-13(18)16-10-14(5-6-14)7-8-17/h1-4,17H,5-10H2,(H,16,18). The van der Waals surface area contributed by atoms with Crippen LogP contribution < -0.4 is 5.32 Å². The third kappa shape index (κ3) is 3.82. The summed E-state index contributed by atoms with van der Waals surface area (Å²) in [7, 11) is 0. The molecular weight excluding hydrogens is 294 g/mol. The van der Waals surface area contributed by atoms with Crippen molar-refractivity contribution in [2.24, 2.45) is 5.41 Å². The molecule has 2 N–H and O–H groups in total. The average Bonchev–Trinajstić information content (AvgIpc) is 3.11. The number of carbonyl (C=O) groups excluding carboxylic acids is 1. The van der Waals surface area contributed by atoms with Gasteiger partial charge in [0.1, 0.15) is 0 Å². The van der Waals surface area contributed by atoms with Crippen LogP contribution in [0.2, 0.25) is 0 Å². The maximum absolute atomic E-state index is 11.8. The summed E-state index contributed by atoms with van der Waals surface area (Å²) in [5.74, 6) is 0.0570. The van der Waals surface area contributed by atoms with E-state index in [0.29, 0.717) is 13.0 Å². The Bertz CT molecular complexity index is 412. The van der Waals surface area contributed by atoms with E-state index in [9.17, 15) is 4.79 Å². The van der Waals surface area contributed by atoms with Crippen LogP contribution in [0.4, 0.5) is 0 Å². The first-order valence-electron chi connectivity index (χ1n) is 6.26. The number of benzene rings is 1. The largest absolute Gasteiger partial charge is 0.396 e. The zero-order chi connectivity index (χ0) is 13.0. The third-order valence-corrected chi connectivity index (χ3v) is 4.07. The molecule has 4 heteroatoms. The van der Waals surface area contributed by atoms with Gasteiger partial charge in [-0.25, -0.2) is 0 Å². The van der Waals surface area contributed by atoms with Gasteiger partial charge in [0.25, 0.3) is 0 Å². The Labute approximate surface area is 116 Å². The number of carbonyl (C=O) groups is 1. The molecule has 98 valence electrons. The number of hydrogen-bond donors (Lipinski definition) is 2. The Morgan fingerprint density at radius 3 is 2.56 bits per heavy atom. The van der Waals surface area contributed by atoms with Gasteiger partial charge in [0.15, 0.2) is 0 Å². The highest BCUT2D eigenvalue weighted by Crippen LogP contribution is 2.47. The summed E-state index contributed by atoms with van der Waals surface area (Å²) in [4.78, 5) is 11.8. The first kappa shape index (κ1) is 13.6. The number of hydrogen-bond acceptors (Lipinski definition) is 2. The van der Waals surface area contributed by atoms with Gasteiger partial charge in [0.2, 0.25) is 5.91 Å². The number of halogens is 1. The van der Waals surface area contributed by atoms with Crippen molar-refractivity contribution in [3.8, 4) is 0 Å². The highest BCUT2D eigenvalue weighted by molar-refractivity contribution is 9.10. The topological polar surface area (TPSA) is 49.3 Å². The Morgan fingerprint density at radius 1 is 1.33 bits per heavy atom. The van der Waals surface area contributed by atoms with Crippen molar-refractivity contribution >= 4 is 21.8 Å². The molecule has 1 aromatic rings. The van der Waals surface area contributed by atoms with Crippen molar-refractivity contribution in [3.63, 3.8) is 0 Å². The van der Waals surface area contributed by atoms with Crippen LogP contribution in [0.3, 0.4) is 0 Å². The highest BCUT2D eigenvalue weighted by atomic mass is 79.9. The highest BCUT2D eigenvalue weighted by Gasteiger charge is 2.41. The molecule has 0 unspecified atom stereocenters. The molecule has 1 aliphatic rings. The summed E-state index contributed by atoms with van der Waals surface area (Å²) in [5, 5.41) is 11.9. The summed E-state index contributed by atoms with van der Waals surface area (Å²) in [6.07, 6.45) is 3.45. The molecule has 0 spiro atoms. The smallest absolute Gasteiger partial charge is 0.224 e. The van der Waals surface area contributed by atoms with Crippen LogP contribution in [0, 0.1) is 5.41 Å². The number of aliphatic hydroxyl groups is 1. The molecule has 0 radical (unpaired) electrons. The van der Waals surface area contributed by atoms with Crippen LogP contribution in [-0.2, 0) is 11.2 Å². The monoisotopic (exact) mass is 311 g/mol. The summed E-state index contributed by atoms with van der Waals surface area (Å²) in [5.41, 5.74) is 1.20. The van der Waals surface area contributed by atoms with Crippen molar-refractivity contribution in [2.75, 3.05) is 13.2 Å². The summed E-state index contributed by atoms with van der Waals surface area (Å²) < 4.78 is 1.02. The predicted molar refractivity (Wildman–Crippen MR) is 74.2 cm³/mol. The lowest BCUT2D eigenvalue weighted by Gasteiger charge is -2.14. The maximum atomic E-state index is 11.8. The SMILES string of the molecule is O=C(Cc1ccc(Br)cc1)NCC1(CCO)CC1. The Kier molecular flexibility index (Phi) is 4.40. The molecule has 1 amide bonds. The van der Waals surface area contributed by atoms with E-state index in [4.69, 9.17) is 5.11 Å². The van der Waals surface area contributed by atoms with Gasteiger partial charge in [-0.15, -0.1) is 0 Å². The van der Waals surface area contributed by atoms with E-state index in [1.807, 2.05) is 24.3 Å². The minimum absolute atomic E-state index is 0.0570. The second kappa shape index (κ2) is 5.85. The van der Waals surface area contributed by atoms with Gasteiger partial charge in [-0.3, -0.25) is 4.79 Å². The van der Waals surface area contributed by atoms with E-state index < -0.39 is 0 Å². The molecule has 0 atom stereocenters. The second-order valence-corrected chi connectivity index (χ2v) is 5.97. The van der Waals surface area contributed by atoms with E-state index in [1.165, 1.54) is 0 Å². The summed E-state index contributed by atoms with van der Waals surface area (Å²) >= 11 is 3.37. The molecule has 2 rings (SSSR count). The quantitative estimate of drug-likeness (QED) is 0.846. The molecule has 1 aliphatic carbocycles. The molecule has 1 saturated carbocycles. The normalized spacial score (nSPS) is 16.3. The molecule has 0 aromatic heterocycles. The zero-order valence-corrected chi connectivity index (χ0v) is 11.9. The number of rotatable bonds is 6.